The van der Waals surface area contributed by atoms with Gasteiger partial charge in [0.1, 0.15) is 4.21 Å². The van der Waals surface area contributed by atoms with Crippen LogP contribution in [0.15, 0.2) is 53.0 Å². The number of fused-ring (bicyclic) bond motifs is 1. The Morgan fingerprint density at radius 1 is 0.963 bits per heavy atom. The minimum absolute atomic E-state index is 0.0388. The Hall–Kier alpha value is -2.82. The summed E-state index contributed by atoms with van der Waals surface area (Å²) in [6.07, 6.45) is 2.36. The number of rotatable bonds is 4. The molecule has 2 aromatic heterocycles. The molecule has 1 aromatic carbocycles. The highest BCUT2D eigenvalue weighted by Crippen LogP contribution is 2.28. The zero-order valence-corrected chi connectivity index (χ0v) is 15.7. The number of aromatic nitrogens is 2. The Balaban J connectivity index is 1.59. The van der Waals surface area contributed by atoms with Crippen LogP contribution in [0.1, 0.15) is 20.7 Å². The molecule has 0 saturated heterocycles. The van der Waals surface area contributed by atoms with Crippen LogP contribution >= 0.6 is 22.9 Å². The van der Waals surface area contributed by atoms with Crippen molar-refractivity contribution in [1.29, 1.82) is 0 Å². The van der Waals surface area contributed by atoms with Gasteiger partial charge in [-0.2, -0.15) is 0 Å². The van der Waals surface area contributed by atoms with Crippen molar-refractivity contribution in [2.24, 2.45) is 0 Å². The van der Waals surface area contributed by atoms with Crippen LogP contribution < -0.4 is 9.62 Å². The molecule has 4 rings (SSSR count). The van der Waals surface area contributed by atoms with Crippen molar-refractivity contribution >= 4 is 56.4 Å². The third-order valence-electron chi connectivity index (χ3n) is 3.70. The number of amides is 2. The highest BCUT2D eigenvalue weighted by atomic mass is 35.5. The number of nitrogens with zero attached hydrogens (tertiary/aromatic N) is 3. The first-order valence-electron chi connectivity index (χ1n) is 7.45. The van der Waals surface area contributed by atoms with Crippen LogP contribution in [0.2, 0.25) is 4.34 Å². The Kier molecular flexibility index (Phi) is 4.17. The van der Waals surface area contributed by atoms with E-state index in [0.29, 0.717) is 4.34 Å². The summed E-state index contributed by atoms with van der Waals surface area (Å²) in [7, 11) is -3.83. The van der Waals surface area contributed by atoms with Gasteiger partial charge in [-0.15, -0.1) is 11.3 Å². The lowest BCUT2D eigenvalue weighted by atomic mass is 10.1. The molecule has 1 N–H and O–H groups in total. The lowest BCUT2D eigenvalue weighted by Gasteiger charge is -2.12. The average Bonchev–Trinajstić information content (AvgIpc) is 3.19. The van der Waals surface area contributed by atoms with Crippen LogP contribution in [0.4, 0.5) is 11.6 Å². The van der Waals surface area contributed by atoms with Gasteiger partial charge >= 0.3 is 0 Å². The molecule has 1 aliphatic heterocycles. The van der Waals surface area contributed by atoms with Gasteiger partial charge in [-0.3, -0.25) is 14.3 Å². The molecule has 136 valence electrons. The Morgan fingerprint density at radius 3 is 2.07 bits per heavy atom. The predicted octanol–water partition coefficient (Wildman–Crippen LogP) is 2.79. The van der Waals surface area contributed by atoms with E-state index < -0.39 is 21.8 Å². The maximum atomic E-state index is 12.4. The smallest absolute Gasteiger partial charge is 0.271 e. The van der Waals surface area contributed by atoms with Crippen molar-refractivity contribution < 1.29 is 18.0 Å². The summed E-state index contributed by atoms with van der Waals surface area (Å²) in [5.41, 5.74) is 0.621. The molecule has 3 aromatic rings. The van der Waals surface area contributed by atoms with E-state index in [9.17, 15) is 18.0 Å². The standard InChI is InChI=1S/C16H9ClN4O4S2/c17-12-5-6-13(26-12)27(24,25)20-9-7-18-16(19-8-9)21-14(22)10-3-1-2-4-11(10)15(21)23/h1-8,20H. The molecule has 8 nitrogen and oxygen atoms in total. The summed E-state index contributed by atoms with van der Waals surface area (Å²) in [5, 5.41) is 0. The second kappa shape index (κ2) is 6.41. The molecule has 1 aliphatic rings. The fourth-order valence-electron chi connectivity index (χ4n) is 2.51. The first-order valence-corrected chi connectivity index (χ1v) is 10.1. The van der Waals surface area contributed by atoms with Gasteiger partial charge in [0.25, 0.3) is 21.8 Å². The van der Waals surface area contributed by atoms with Crippen LogP contribution in [-0.4, -0.2) is 30.2 Å². The van der Waals surface area contributed by atoms with Crippen LogP contribution in [0.25, 0.3) is 0 Å². The molecule has 0 bridgehead atoms. The molecule has 0 saturated carbocycles. The summed E-state index contributed by atoms with van der Waals surface area (Å²) in [5.74, 6) is -1.20. The number of sulfonamides is 1. The van der Waals surface area contributed by atoms with E-state index in [1.165, 1.54) is 24.5 Å². The van der Waals surface area contributed by atoms with E-state index in [4.69, 9.17) is 11.6 Å². The molecule has 0 fully saturated rings. The predicted molar refractivity (Wildman–Crippen MR) is 99.8 cm³/mol. The largest absolute Gasteiger partial charge is 0.276 e. The van der Waals surface area contributed by atoms with E-state index in [0.717, 1.165) is 16.2 Å². The summed E-state index contributed by atoms with van der Waals surface area (Å²) in [4.78, 5) is 33.6. The topological polar surface area (TPSA) is 109 Å². The van der Waals surface area contributed by atoms with E-state index in [1.54, 1.807) is 24.3 Å². The number of carbonyl (C=O) groups is 2. The van der Waals surface area contributed by atoms with Crippen molar-refractivity contribution in [1.82, 2.24) is 9.97 Å². The van der Waals surface area contributed by atoms with Gasteiger partial charge < -0.3 is 0 Å². The van der Waals surface area contributed by atoms with Crippen molar-refractivity contribution in [3.63, 3.8) is 0 Å². The third kappa shape index (κ3) is 3.07. The molecule has 27 heavy (non-hydrogen) atoms. The van der Waals surface area contributed by atoms with Gasteiger partial charge in [-0.25, -0.2) is 23.3 Å². The summed E-state index contributed by atoms with van der Waals surface area (Å²) >= 11 is 6.67. The van der Waals surface area contributed by atoms with Crippen LogP contribution in [-0.2, 0) is 10.0 Å². The number of carbonyl (C=O) groups excluding carboxylic acids is 2. The molecule has 3 heterocycles. The number of nitrogens with one attached hydrogen (secondary N) is 1. The molecule has 0 atom stereocenters. The molecular weight excluding hydrogens is 412 g/mol. The number of hydrogen-bond donors (Lipinski definition) is 1. The van der Waals surface area contributed by atoms with E-state index >= 15 is 0 Å². The zero-order chi connectivity index (χ0) is 19.2. The van der Waals surface area contributed by atoms with Crippen molar-refractivity contribution in [3.8, 4) is 0 Å². The zero-order valence-electron chi connectivity index (χ0n) is 13.3. The minimum Gasteiger partial charge on any atom is -0.276 e. The number of halogens is 1. The average molecular weight is 421 g/mol. The Morgan fingerprint density at radius 2 is 1.56 bits per heavy atom. The molecule has 0 unspecified atom stereocenters. The first-order chi connectivity index (χ1) is 12.9. The molecule has 2 amide bonds. The number of hydrogen-bond acceptors (Lipinski definition) is 7. The van der Waals surface area contributed by atoms with E-state index in [2.05, 4.69) is 14.7 Å². The molecule has 0 aliphatic carbocycles. The van der Waals surface area contributed by atoms with Gasteiger partial charge in [0, 0.05) is 0 Å². The minimum atomic E-state index is -3.83. The number of anilines is 2. The quantitative estimate of drug-likeness (QED) is 0.650. The SMILES string of the molecule is O=C1c2ccccc2C(=O)N1c1ncc(NS(=O)(=O)c2ccc(Cl)s2)cn1. The highest BCUT2D eigenvalue weighted by molar-refractivity contribution is 7.94. The number of benzene rings is 1. The fourth-order valence-corrected chi connectivity index (χ4v) is 5.02. The number of thiophene rings is 1. The lowest BCUT2D eigenvalue weighted by Crippen LogP contribution is -2.31. The van der Waals surface area contributed by atoms with Crippen molar-refractivity contribution in [2.45, 2.75) is 4.21 Å². The molecule has 0 spiro atoms. The number of imide groups is 1. The summed E-state index contributed by atoms with van der Waals surface area (Å²) in [6, 6.07) is 9.26. The maximum absolute atomic E-state index is 12.4. The van der Waals surface area contributed by atoms with Gasteiger partial charge in [-0.05, 0) is 24.3 Å². The van der Waals surface area contributed by atoms with Crippen LogP contribution in [0, 0.1) is 0 Å². The highest BCUT2D eigenvalue weighted by Gasteiger charge is 2.37. The van der Waals surface area contributed by atoms with Gasteiger partial charge in [0.05, 0.1) is 33.5 Å². The van der Waals surface area contributed by atoms with Gasteiger partial charge in [0.15, 0.2) is 0 Å². The van der Waals surface area contributed by atoms with E-state index in [-0.39, 0.29) is 27.0 Å². The van der Waals surface area contributed by atoms with Crippen LogP contribution in [0.3, 0.4) is 0 Å². The lowest BCUT2D eigenvalue weighted by molar-refractivity contribution is 0.0924. The normalized spacial score (nSPS) is 13.7. The van der Waals surface area contributed by atoms with Crippen LogP contribution in [0.5, 0.6) is 0 Å². The third-order valence-corrected chi connectivity index (χ3v) is 6.80. The first kappa shape index (κ1) is 17.6. The summed E-state index contributed by atoms with van der Waals surface area (Å²) < 4.78 is 27.2. The monoisotopic (exact) mass is 420 g/mol. The van der Waals surface area contributed by atoms with E-state index in [1.807, 2.05) is 0 Å². The second-order valence-corrected chi connectivity index (χ2v) is 9.05. The van der Waals surface area contributed by atoms with Gasteiger partial charge in [-0.1, -0.05) is 23.7 Å². The van der Waals surface area contributed by atoms with Crippen molar-refractivity contribution in [2.75, 3.05) is 9.62 Å². The molecular formula is C16H9ClN4O4S2. The molecule has 0 radical (unpaired) electrons. The van der Waals surface area contributed by atoms with Gasteiger partial charge in [0.2, 0.25) is 5.95 Å². The van der Waals surface area contributed by atoms with Crippen molar-refractivity contribution in [3.05, 3.63) is 64.3 Å². The second-order valence-electron chi connectivity index (χ2n) is 5.43. The Labute approximate surface area is 162 Å². The summed E-state index contributed by atoms with van der Waals surface area (Å²) in [6.45, 7) is 0. The maximum Gasteiger partial charge on any atom is 0.271 e. The Bertz CT molecular complexity index is 1140. The molecule has 11 heteroatoms. The fraction of sp³-hybridized carbons (Fsp3) is 0.